The van der Waals surface area contributed by atoms with Gasteiger partial charge in [-0.1, -0.05) is 25.1 Å². The predicted molar refractivity (Wildman–Crippen MR) is 113 cm³/mol. The number of ether oxygens (including phenoxy) is 1. The van der Waals surface area contributed by atoms with Crippen LogP contribution in [-0.4, -0.2) is 18.2 Å². The summed E-state index contributed by atoms with van der Waals surface area (Å²) in [6, 6.07) is 13.3. The molecule has 1 aliphatic heterocycles. The molecule has 1 aliphatic rings. The highest BCUT2D eigenvalue weighted by atomic mass is 79.9. The van der Waals surface area contributed by atoms with Crippen molar-refractivity contribution in [3.63, 3.8) is 0 Å². The van der Waals surface area contributed by atoms with E-state index in [-0.39, 0.29) is 5.91 Å². The van der Waals surface area contributed by atoms with Crippen molar-refractivity contribution in [1.82, 2.24) is 0 Å². The molecular weight excluding hydrogens is 460 g/mol. The number of benzene rings is 2. The van der Waals surface area contributed by atoms with Crippen molar-refractivity contribution >= 4 is 55.2 Å². The minimum atomic E-state index is -0.132. The summed E-state index contributed by atoms with van der Waals surface area (Å²) in [4.78, 5) is 12.8. The monoisotopic (exact) mass is 476 g/mol. The molecule has 0 spiro atoms. The second-order valence-electron chi connectivity index (χ2n) is 5.86. The molecule has 1 amide bonds. The third-order valence-corrected chi connectivity index (χ3v) is 5.02. The maximum absolute atomic E-state index is 12.8. The summed E-state index contributed by atoms with van der Waals surface area (Å²) in [6.45, 7) is 4.55. The molecule has 0 atom stereocenters. The van der Waals surface area contributed by atoms with Gasteiger partial charge in [0.1, 0.15) is 5.75 Å². The molecule has 3 rings (SSSR count). The Labute approximate surface area is 169 Å². The molecule has 0 N–H and O–H groups in total. The number of amides is 1. The van der Waals surface area contributed by atoms with Gasteiger partial charge in [0.05, 0.1) is 32.5 Å². The van der Waals surface area contributed by atoms with Crippen molar-refractivity contribution in [2.75, 3.05) is 11.6 Å². The second-order valence-corrected chi connectivity index (χ2v) is 7.57. The fraction of sp³-hybridized carbons (Fsp3) is 0.200. The number of anilines is 1. The number of hydrogen-bond acceptors (Lipinski definition) is 3. The van der Waals surface area contributed by atoms with Gasteiger partial charge in [0.2, 0.25) is 0 Å². The number of halogens is 2. The van der Waals surface area contributed by atoms with Gasteiger partial charge < -0.3 is 4.74 Å². The van der Waals surface area contributed by atoms with Crippen LogP contribution in [0.3, 0.4) is 0 Å². The van der Waals surface area contributed by atoms with Crippen LogP contribution in [0.4, 0.5) is 5.69 Å². The minimum absolute atomic E-state index is 0.132. The number of rotatable bonds is 5. The van der Waals surface area contributed by atoms with Crippen LogP contribution in [0.5, 0.6) is 5.75 Å². The van der Waals surface area contributed by atoms with E-state index >= 15 is 0 Å². The van der Waals surface area contributed by atoms with E-state index in [1.807, 2.05) is 55.5 Å². The summed E-state index contributed by atoms with van der Waals surface area (Å²) in [5.74, 6) is 0.635. The van der Waals surface area contributed by atoms with Crippen molar-refractivity contribution in [3.05, 3.63) is 62.5 Å². The predicted octanol–water partition coefficient (Wildman–Crippen LogP) is 5.81. The molecule has 0 radical (unpaired) electrons. The van der Waals surface area contributed by atoms with Crippen LogP contribution < -0.4 is 9.75 Å². The Hall–Kier alpha value is -1.92. The zero-order valence-electron chi connectivity index (χ0n) is 14.5. The van der Waals surface area contributed by atoms with Gasteiger partial charge in [-0.05, 0) is 81.1 Å². The zero-order valence-corrected chi connectivity index (χ0v) is 17.7. The van der Waals surface area contributed by atoms with Crippen LogP contribution in [0.1, 0.15) is 25.8 Å². The second kappa shape index (κ2) is 8.18. The first kappa shape index (κ1) is 18.9. The van der Waals surface area contributed by atoms with Crippen molar-refractivity contribution in [2.45, 2.75) is 20.3 Å². The fourth-order valence-corrected chi connectivity index (χ4v) is 4.05. The van der Waals surface area contributed by atoms with Crippen LogP contribution in [-0.2, 0) is 4.79 Å². The molecule has 134 valence electrons. The average molecular weight is 478 g/mol. The topological polar surface area (TPSA) is 41.9 Å². The van der Waals surface area contributed by atoms with E-state index in [2.05, 4.69) is 43.9 Å². The summed E-state index contributed by atoms with van der Waals surface area (Å²) in [5.41, 5.74) is 2.92. The molecule has 2 aromatic carbocycles. The van der Waals surface area contributed by atoms with Crippen molar-refractivity contribution in [2.24, 2.45) is 5.10 Å². The molecule has 26 heavy (non-hydrogen) atoms. The number of hydrazone groups is 1. The smallest absolute Gasteiger partial charge is 0.280 e. The van der Waals surface area contributed by atoms with E-state index in [1.165, 1.54) is 5.01 Å². The molecule has 0 fully saturated rings. The Morgan fingerprint density at radius 1 is 1.15 bits per heavy atom. The van der Waals surface area contributed by atoms with Crippen molar-refractivity contribution in [1.29, 1.82) is 0 Å². The number of para-hydroxylation sites is 1. The van der Waals surface area contributed by atoms with Crippen molar-refractivity contribution < 1.29 is 9.53 Å². The van der Waals surface area contributed by atoms with Gasteiger partial charge in [-0.2, -0.15) is 10.1 Å². The summed E-state index contributed by atoms with van der Waals surface area (Å²) in [6.07, 6.45) is 2.79. The van der Waals surface area contributed by atoms with Gasteiger partial charge in [0.15, 0.2) is 0 Å². The third-order valence-electron chi connectivity index (χ3n) is 3.85. The lowest BCUT2D eigenvalue weighted by Crippen LogP contribution is -2.21. The maximum atomic E-state index is 12.8. The lowest BCUT2D eigenvalue weighted by Gasteiger charge is -2.12. The number of nitrogens with zero attached hydrogens (tertiary/aromatic N) is 2. The fourth-order valence-electron chi connectivity index (χ4n) is 2.60. The van der Waals surface area contributed by atoms with E-state index in [1.54, 1.807) is 0 Å². The highest BCUT2D eigenvalue weighted by molar-refractivity contribution is 9.11. The average Bonchev–Trinajstić information content (AvgIpc) is 2.90. The first-order valence-corrected chi connectivity index (χ1v) is 9.88. The Balaban J connectivity index is 1.91. The number of hydrogen-bond donors (Lipinski definition) is 0. The molecule has 4 nitrogen and oxygen atoms in total. The molecule has 0 aromatic heterocycles. The molecule has 1 heterocycles. The lowest BCUT2D eigenvalue weighted by molar-refractivity contribution is -0.114. The first-order valence-electron chi connectivity index (χ1n) is 8.30. The van der Waals surface area contributed by atoms with E-state index in [0.29, 0.717) is 17.9 Å². The van der Waals surface area contributed by atoms with E-state index in [0.717, 1.165) is 32.4 Å². The summed E-state index contributed by atoms with van der Waals surface area (Å²) in [7, 11) is 0. The van der Waals surface area contributed by atoms with Crippen LogP contribution in [0.2, 0.25) is 0 Å². The maximum Gasteiger partial charge on any atom is 0.280 e. The Morgan fingerprint density at radius 2 is 1.81 bits per heavy atom. The molecular formula is C20H18Br2N2O2. The van der Waals surface area contributed by atoms with E-state index in [9.17, 15) is 4.79 Å². The Bertz CT molecular complexity index is 869. The standard InChI is InChI=1S/C20H18Br2N2O2/c1-3-9-26-19-17(21)11-14(12-18(19)22)10-16-13(2)23-24(20(16)25)15-7-5-4-6-8-15/h4-8,10-12H,3,9H2,1-2H3/b16-10+. The normalized spacial score (nSPS) is 15.5. The Kier molecular flexibility index (Phi) is 5.94. The summed E-state index contributed by atoms with van der Waals surface area (Å²) < 4.78 is 7.43. The molecule has 0 unspecified atom stereocenters. The largest absolute Gasteiger partial charge is 0.491 e. The summed E-state index contributed by atoms with van der Waals surface area (Å²) >= 11 is 7.09. The molecule has 0 bridgehead atoms. The SMILES string of the molecule is CCCOc1c(Br)cc(/C=C2/C(=O)N(c3ccccc3)N=C2C)cc1Br. The highest BCUT2D eigenvalue weighted by Crippen LogP contribution is 2.36. The van der Waals surface area contributed by atoms with E-state index in [4.69, 9.17) is 4.74 Å². The minimum Gasteiger partial charge on any atom is -0.491 e. The van der Waals surface area contributed by atoms with Gasteiger partial charge in [0, 0.05) is 0 Å². The molecule has 0 aliphatic carbocycles. The quantitative estimate of drug-likeness (QED) is 0.510. The van der Waals surface area contributed by atoms with Crippen LogP contribution in [0.15, 0.2) is 62.1 Å². The molecule has 0 saturated heterocycles. The van der Waals surface area contributed by atoms with Gasteiger partial charge in [0.25, 0.3) is 5.91 Å². The highest BCUT2D eigenvalue weighted by Gasteiger charge is 2.28. The lowest BCUT2D eigenvalue weighted by atomic mass is 10.1. The Morgan fingerprint density at radius 3 is 2.42 bits per heavy atom. The van der Waals surface area contributed by atoms with Gasteiger partial charge in [-0.3, -0.25) is 4.79 Å². The summed E-state index contributed by atoms with van der Waals surface area (Å²) in [5, 5.41) is 5.84. The zero-order chi connectivity index (χ0) is 18.7. The van der Waals surface area contributed by atoms with Crippen LogP contribution in [0, 0.1) is 0 Å². The molecule has 6 heteroatoms. The third kappa shape index (κ3) is 3.91. The first-order chi connectivity index (χ1) is 12.5. The number of carbonyl (C=O) groups excluding carboxylic acids is 1. The van der Waals surface area contributed by atoms with Crippen molar-refractivity contribution in [3.8, 4) is 5.75 Å². The molecule has 2 aromatic rings. The van der Waals surface area contributed by atoms with Gasteiger partial charge >= 0.3 is 0 Å². The van der Waals surface area contributed by atoms with Crippen LogP contribution in [0.25, 0.3) is 6.08 Å². The molecule has 0 saturated carbocycles. The van der Waals surface area contributed by atoms with Gasteiger partial charge in [-0.15, -0.1) is 0 Å². The van der Waals surface area contributed by atoms with Gasteiger partial charge in [-0.25, -0.2) is 0 Å². The van der Waals surface area contributed by atoms with E-state index < -0.39 is 0 Å². The number of carbonyl (C=O) groups is 1. The van der Waals surface area contributed by atoms with Crippen LogP contribution >= 0.6 is 31.9 Å².